The molecule has 18 heavy (non-hydrogen) atoms. The average Bonchev–Trinajstić information content (AvgIpc) is 2.34. The van der Waals surface area contributed by atoms with Crippen molar-refractivity contribution in [2.75, 3.05) is 19.5 Å². The van der Waals surface area contributed by atoms with Gasteiger partial charge in [0.25, 0.3) is 0 Å². The lowest BCUT2D eigenvalue weighted by atomic mass is 10.2. The third kappa shape index (κ3) is 3.78. The van der Waals surface area contributed by atoms with Crippen LogP contribution in [0, 0.1) is 0 Å². The Balaban J connectivity index is 2.65. The fraction of sp³-hybridized carbons (Fsp3) is 0.273. The van der Waals surface area contributed by atoms with Crippen molar-refractivity contribution in [1.29, 1.82) is 0 Å². The summed E-state index contributed by atoms with van der Waals surface area (Å²) in [5.74, 6) is -1.10. The number of esters is 2. The minimum Gasteiger partial charge on any atom is -0.469 e. The maximum absolute atomic E-state index is 11.6. The first-order valence-electron chi connectivity index (χ1n) is 4.94. The minimum atomic E-state index is -0.635. The second kappa shape index (κ2) is 6.47. The number of benzene rings is 1. The normalized spacial score (nSPS) is 9.94. The molecule has 0 radical (unpaired) electrons. The number of methoxy groups -OCH3 is 1. The lowest BCUT2D eigenvalue weighted by molar-refractivity contribution is -0.141. The van der Waals surface area contributed by atoms with E-state index in [0.717, 1.165) is 0 Å². The van der Waals surface area contributed by atoms with Crippen LogP contribution in [0.25, 0.3) is 0 Å². The maximum atomic E-state index is 11.6. The molecule has 0 amide bonds. The van der Waals surface area contributed by atoms with Gasteiger partial charge in [0, 0.05) is 0 Å². The largest absolute Gasteiger partial charge is 0.469 e. The molecule has 1 rings (SSSR count). The average molecular weight is 292 g/mol. The van der Waals surface area contributed by atoms with Gasteiger partial charge < -0.3 is 15.2 Å². The van der Waals surface area contributed by atoms with Gasteiger partial charge in [-0.3, -0.25) is 4.79 Å². The highest BCUT2D eigenvalue weighted by Crippen LogP contribution is 2.29. The van der Waals surface area contributed by atoms with Crippen LogP contribution in [0.15, 0.2) is 12.1 Å². The Morgan fingerprint density at radius 1 is 1.33 bits per heavy atom. The number of carbonyl (C=O) groups is 2. The number of hydrogen-bond donors (Lipinski definition) is 1. The number of rotatable bonds is 4. The Bertz CT molecular complexity index is 453. The Morgan fingerprint density at radius 2 is 2.00 bits per heavy atom. The van der Waals surface area contributed by atoms with Gasteiger partial charge in [0.15, 0.2) is 0 Å². The van der Waals surface area contributed by atoms with Gasteiger partial charge in [-0.15, -0.1) is 0 Å². The summed E-state index contributed by atoms with van der Waals surface area (Å²) in [5.41, 5.74) is 5.92. The smallest absolute Gasteiger partial charge is 0.338 e. The third-order valence-corrected chi connectivity index (χ3v) is 2.88. The van der Waals surface area contributed by atoms with Crippen LogP contribution >= 0.6 is 23.2 Å². The Morgan fingerprint density at radius 3 is 2.56 bits per heavy atom. The molecule has 1 aromatic carbocycles. The van der Waals surface area contributed by atoms with Gasteiger partial charge in [0.2, 0.25) is 0 Å². The molecule has 0 saturated heterocycles. The summed E-state index contributed by atoms with van der Waals surface area (Å²) in [5, 5.41) is 0.347. The molecule has 0 saturated carbocycles. The summed E-state index contributed by atoms with van der Waals surface area (Å²) in [4.78, 5) is 22.4. The van der Waals surface area contributed by atoms with Crippen molar-refractivity contribution in [2.24, 2.45) is 0 Å². The molecule has 0 bridgehead atoms. The van der Waals surface area contributed by atoms with Gasteiger partial charge in [-0.05, 0) is 12.1 Å². The minimum absolute atomic E-state index is 0.0148. The summed E-state index contributed by atoms with van der Waals surface area (Å²) < 4.78 is 9.26. The molecular weight excluding hydrogens is 281 g/mol. The summed E-state index contributed by atoms with van der Waals surface area (Å²) in [7, 11) is 1.25. The van der Waals surface area contributed by atoms with E-state index in [1.54, 1.807) is 0 Å². The molecule has 0 spiro atoms. The zero-order valence-corrected chi connectivity index (χ0v) is 11.0. The van der Waals surface area contributed by atoms with Crippen LogP contribution in [0.5, 0.6) is 0 Å². The summed E-state index contributed by atoms with van der Waals surface area (Å²) in [6.45, 7) is -0.0777. The predicted molar refractivity (Wildman–Crippen MR) is 67.8 cm³/mol. The van der Waals surface area contributed by atoms with Crippen molar-refractivity contribution in [2.45, 2.75) is 6.42 Å². The van der Waals surface area contributed by atoms with Gasteiger partial charge in [0.1, 0.15) is 6.61 Å². The van der Waals surface area contributed by atoms with Crippen LogP contribution in [-0.4, -0.2) is 25.7 Å². The fourth-order valence-corrected chi connectivity index (χ4v) is 1.48. The molecule has 2 N–H and O–H groups in total. The quantitative estimate of drug-likeness (QED) is 0.680. The zero-order valence-electron chi connectivity index (χ0n) is 9.54. The standard InChI is InChI=1S/C11H11Cl2NO4/c1-17-9(15)2-3-18-11(16)6-4-7(12)10(13)8(14)5-6/h4-5H,2-3,14H2,1H3. The highest BCUT2D eigenvalue weighted by molar-refractivity contribution is 6.43. The summed E-state index contributed by atoms with van der Waals surface area (Å²) in [6.07, 6.45) is -0.0148. The SMILES string of the molecule is COC(=O)CCOC(=O)c1cc(N)c(Cl)c(Cl)c1. The van der Waals surface area contributed by atoms with Crippen molar-refractivity contribution in [3.63, 3.8) is 0 Å². The lowest BCUT2D eigenvalue weighted by Crippen LogP contribution is -2.11. The van der Waals surface area contributed by atoms with Crippen LogP contribution < -0.4 is 5.73 Å². The lowest BCUT2D eigenvalue weighted by Gasteiger charge is -2.07. The van der Waals surface area contributed by atoms with Crippen LogP contribution in [0.1, 0.15) is 16.8 Å². The van der Waals surface area contributed by atoms with E-state index >= 15 is 0 Å². The molecule has 98 valence electrons. The second-order valence-corrected chi connectivity index (χ2v) is 4.11. The molecule has 0 atom stereocenters. The summed E-state index contributed by atoms with van der Waals surface area (Å²) in [6, 6.07) is 2.70. The first-order valence-corrected chi connectivity index (χ1v) is 5.69. The molecule has 0 aliphatic heterocycles. The Kier molecular flexibility index (Phi) is 5.25. The van der Waals surface area contributed by atoms with E-state index in [2.05, 4.69) is 4.74 Å². The summed E-state index contributed by atoms with van der Waals surface area (Å²) >= 11 is 11.5. The number of nitrogens with two attached hydrogens (primary N) is 1. The fourth-order valence-electron chi connectivity index (χ4n) is 1.14. The van der Waals surface area contributed by atoms with Crippen molar-refractivity contribution in [3.8, 4) is 0 Å². The molecule has 1 aromatic rings. The van der Waals surface area contributed by atoms with E-state index in [9.17, 15) is 9.59 Å². The van der Waals surface area contributed by atoms with E-state index in [-0.39, 0.29) is 34.3 Å². The van der Waals surface area contributed by atoms with Crippen molar-refractivity contribution >= 4 is 40.8 Å². The van der Waals surface area contributed by atoms with E-state index in [1.807, 2.05) is 0 Å². The van der Waals surface area contributed by atoms with Gasteiger partial charge >= 0.3 is 11.9 Å². The Hall–Kier alpha value is -1.46. The molecule has 0 unspecified atom stereocenters. The molecule has 0 fully saturated rings. The Labute approximate surface area is 114 Å². The van der Waals surface area contributed by atoms with Crippen molar-refractivity contribution in [1.82, 2.24) is 0 Å². The first kappa shape index (κ1) is 14.6. The van der Waals surface area contributed by atoms with Crippen LogP contribution in [0.3, 0.4) is 0 Å². The molecule has 0 aliphatic carbocycles. The van der Waals surface area contributed by atoms with E-state index in [4.69, 9.17) is 33.7 Å². The predicted octanol–water partition coefficient (Wildman–Crippen LogP) is 2.30. The van der Waals surface area contributed by atoms with Gasteiger partial charge in [-0.25, -0.2) is 4.79 Å². The van der Waals surface area contributed by atoms with Crippen LogP contribution in [-0.2, 0) is 14.3 Å². The number of ether oxygens (including phenoxy) is 2. The van der Waals surface area contributed by atoms with Gasteiger partial charge in [-0.2, -0.15) is 0 Å². The maximum Gasteiger partial charge on any atom is 0.338 e. The molecule has 0 aromatic heterocycles. The number of carbonyl (C=O) groups excluding carboxylic acids is 2. The van der Waals surface area contributed by atoms with Gasteiger partial charge in [-0.1, -0.05) is 23.2 Å². The number of halogens is 2. The number of hydrogen-bond acceptors (Lipinski definition) is 5. The van der Waals surface area contributed by atoms with Gasteiger partial charge in [0.05, 0.1) is 34.8 Å². The highest BCUT2D eigenvalue weighted by Gasteiger charge is 2.13. The van der Waals surface area contributed by atoms with Crippen molar-refractivity contribution < 1.29 is 19.1 Å². The highest BCUT2D eigenvalue weighted by atomic mass is 35.5. The molecule has 0 heterocycles. The second-order valence-electron chi connectivity index (χ2n) is 3.32. The third-order valence-electron chi connectivity index (χ3n) is 2.06. The monoisotopic (exact) mass is 291 g/mol. The number of anilines is 1. The molecule has 5 nitrogen and oxygen atoms in total. The molecular formula is C11H11Cl2NO4. The van der Waals surface area contributed by atoms with E-state index in [1.165, 1.54) is 19.2 Å². The van der Waals surface area contributed by atoms with Crippen LogP contribution in [0.4, 0.5) is 5.69 Å². The molecule has 7 heteroatoms. The van der Waals surface area contributed by atoms with Crippen molar-refractivity contribution in [3.05, 3.63) is 27.7 Å². The zero-order chi connectivity index (χ0) is 13.7. The van der Waals surface area contributed by atoms with Crippen LogP contribution in [0.2, 0.25) is 10.0 Å². The number of nitrogen functional groups attached to an aromatic ring is 1. The first-order chi connectivity index (χ1) is 8.45. The molecule has 0 aliphatic rings. The topological polar surface area (TPSA) is 78.6 Å². The van der Waals surface area contributed by atoms with E-state index < -0.39 is 11.9 Å². The van der Waals surface area contributed by atoms with E-state index in [0.29, 0.717) is 0 Å².